The smallest absolute Gasteiger partial charge is 0.243 e. The Bertz CT molecular complexity index is 1120. The first-order chi connectivity index (χ1) is 15.5. The zero-order valence-electron chi connectivity index (χ0n) is 20.4. The molecule has 10 heteroatoms. The number of unbranched alkanes of at least 4 members (excludes halogenated alkanes) is 1. The lowest BCUT2D eigenvalue weighted by atomic mass is 9.90. The summed E-state index contributed by atoms with van der Waals surface area (Å²) in [5.41, 5.74) is 0.494. The maximum Gasteiger partial charge on any atom is 0.243 e. The van der Waals surface area contributed by atoms with E-state index >= 15 is 0 Å². The van der Waals surface area contributed by atoms with Gasteiger partial charge in [0.25, 0.3) is 0 Å². The van der Waals surface area contributed by atoms with Crippen LogP contribution >= 0.6 is 11.8 Å². The van der Waals surface area contributed by atoms with Crippen molar-refractivity contribution in [3.05, 3.63) is 18.2 Å². The number of rotatable bonds is 12. The molecular formula is C23H35N5O3S2. The second kappa shape index (κ2) is 11.4. The molecule has 0 radical (unpaired) electrons. The molecule has 0 aliphatic heterocycles. The van der Waals surface area contributed by atoms with Crippen LogP contribution < -0.4 is 5.32 Å². The highest BCUT2D eigenvalue weighted by molar-refractivity contribution is 7.99. The van der Waals surface area contributed by atoms with Gasteiger partial charge in [0.15, 0.2) is 5.16 Å². The monoisotopic (exact) mass is 493 g/mol. The number of fused-ring (bicyclic) bond motifs is 1. The van der Waals surface area contributed by atoms with E-state index in [0.717, 1.165) is 24.9 Å². The van der Waals surface area contributed by atoms with E-state index in [4.69, 9.17) is 0 Å². The third-order valence-corrected chi connectivity index (χ3v) is 8.90. The molecule has 2 aromatic rings. The molecule has 8 nitrogen and oxygen atoms in total. The van der Waals surface area contributed by atoms with Gasteiger partial charge in [-0.2, -0.15) is 9.57 Å². The lowest BCUT2D eigenvalue weighted by Crippen LogP contribution is -2.49. The minimum absolute atomic E-state index is 0.0308. The van der Waals surface area contributed by atoms with Crippen LogP contribution in [0.25, 0.3) is 11.0 Å². The predicted octanol–water partition coefficient (Wildman–Crippen LogP) is 4.01. The molecule has 1 atom stereocenters. The minimum atomic E-state index is -3.59. The van der Waals surface area contributed by atoms with E-state index in [1.165, 1.54) is 16.1 Å². The number of nitrogens with zero attached hydrogens (tertiary/aromatic N) is 4. The first-order valence-electron chi connectivity index (χ1n) is 11.4. The number of imidazole rings is 1. The first-order valence-corrected chi connectivity index (χ1v) is 13.8. The summed E-state index contributed by atoms with van der Waals surface area (Å²) in [7, 11) is -3.59. The van der Waals surface area contributed by atoms with Gasteiger partial charge in [-0.3, -0.25) is 4.79 Å². The third kappa shape index (κ3) is 6.08. The molecule has 2 rings (SSSR count). The van der Waals surface area contributed by atoms with Crippen LogP contribution in [0.2, 0.25) is 0 Å². The van der Waals surface area contributed by atoms with Gasteiger partial charge in [0, 0.05) is 19.6 Å². The summed E-state index contributed by atoms with van der Waals surface area (Å²) in [5.74, 6) is -0.155. The molecule has 1 aromatic carbocycles. The molecule has 1 unspecified atom stereocenters. The van der Waals surface area contributed by atoms with Crippen molar-refractivity contribution < 1.29 is 13.2 Å². The molecule has 0 aliphatic carbocycles. The number of hydrogen-bond acceptors (Lipinski definition) is 6. The molecule has 1 N–H and O–H groups in total. The summed E-state index contributed by atoms with van der Waals surface area (Å²) in [6, 6.07) is 7.22. The Morgan fingerprint density at radius 1 is 1.30 bits per heavy atom. The molecule has 0 spiro atoms. The molecular weight excluding hydrogens is 458 g/mol. The number of sulfonamides is 1. The number of nitriles is 1. The Balaban J connectivity index is 2.36. The number of amides is 1. The molecule has 1 aromatic heterocycles. The van der Waals surface area contributed by atoms with Crippen LogP contribution in [0, 0.1) is 17.2 Å². The Labute approximate surface area is 201 Å². The molecule has 0 saturated heterocycles. The van der Waals surface area contributed by atoms with Gasteiger partial charge in [0.2, 0.25) is 15.9 Å². The third-order valence-electron chi connectivity index (χ3n) is 5.88. The maximum absolute atomic E-state index is 12.9. The Morgan fingerprint density at radius 2 is 1.97 bits per heavy atom. The quantitative estimate of drug-likeness (QED) is 0.448. The van der Waals surface area contributed by atoms with E-state index in [-0.39, 0.29) is 22.5 Å². The van der Waals surface area contributed by atoms with Crippen molar-refractivity contribution in [1.82, 2.24) is 19.2 Å². The minimum Gasteiger partial charge on any atom is -0.337 e. The average molecular weight is 494 g/mol. The zero-order chi connectivity index (χ0) is 24.8. The van der Waals surface area contributed by atoms with Crippen LogP contribution in [0.1, 0.15) is 54.4 Å². The molecule has 0 aliphatic rings. The van der Waals surface area contributed by atoms with Crippen LogP contribution in [0.3, 0.4) is 0 Å². The van der Waals surface area contributed by atoms with Gasteiger partial charge in [-0.1, -0.05) is 52.8 Å². The van der Waals surface area contributed by atoms with Crippen LogP contribution in [-0.4, -0.2) is 52.6 Å². The van der Waals surface area contributed by atoms with Gasteiger partial charge in [0.05, 0.1) is 27.8 Å². The highest BCUT2D eigenvalue weighted by Gasteiger charge is 2.30. The number of carbonyl (C=O) groups excluding carboxylic acids is 1. The van der Waals surface area contributed by atoms with Crippen molar-refractivity contribution >= 4 is 38.7 Å². The fraction of sp³-hybridized carbons (Fsp3) is 0.609. The van der Waals surface area contributed by atoms with Gasteiger partial charge >= 0.3 is 0 Å². The van der Waals surface area contributed by atoms with Crippen molar-refractivity contribution in [3.63, 3.8) is 0 Å². The topological polar surface area (TPSA) is 108 Å². The number of carbonyl (C=O) groups is 1. The number of aromatic nitrogens is 2. The summed E-state index contributed by atoms with van der Waals surface area (Å²) >= 11 is 1.29. The summed E-state index contributed by atoms with van der Waals surface area (Å²) in [6.45, 7) is 12.8. The SMILES string of the molecule is CCCCn1c(SCC(=O)NC(C)(C#N)C(C)C)nc2cc(S(=O)(=O)N(CC)CC)ccc21. The van der Waals surface area contributed by atoms with Crippen molar-refractivity contribution in [3.8, 4) is 6.07 Å². The molecule has 33 heavy (non-hydrogen) atoms. The van der Waals surface area contributed by atoms with Gasteiger partial charge in [0.1, 0.15) is 5.54 Å². The summed E-state index contributed by atoms with van der Waals surface area (Å²) in [4.78, 5) is 17.4. The van der Waals surface area contributed by atoms with Crippen LogP contribution in [0.4, 0.5) is 0 Å². The fourth-order valence-corrected chi connectivity index (χ4v) is 5.68. The van der Waals surface area contributed by atoms with Crippen molar-refractivity contribution in [2.45, 2.75) is 76.5 Å². The number of aryl methyl sites for hydroxylation is 1. The fourth-order valence-electron chi connectivity index (χ4n) is 3.36. The number of hydrogen-bond donors (Lipinski definition) is 1. The summed E-state index contributed by atoms with van der Waals surface area (Å²) < 4.78 is 29.3. The van der Waals surface area contributed by atoms with E-state index in [1.807, 2.05) is 32.3 Å². The molecule has 0 bridgehead atoms. The van der Waals surface area contributed by atoms with Crippen molar-refractivity contribution in [1.29, 1.82) is 5.26 Å². The van der Waals surface area contributed by atoms with E-state index in [2.05, 4.69) is 23.3 Å². The van der Waals surface area contributed by atoms with E-state index in [9.17, 15) is 18.5 Å². The van der Waals surface area contributed by atoms with Crippen LogP contribution in [0.5, 0.6) is 0 Å². The largest absolute Gasteiger partial charge is 0.337 e. The summed E-state index contributed by atoms with van der Waals surface area (Å²) in [6.07, 6.45) is 1.93. The lowest BCUT2D eigenvalue weighted by molar-refractivity contribution is -0.120. The number of thioether (sulfide) groups is 1. The molecule has 0 fully saturated rings. The van der Waals surface area contributed by atoms with Crippen LogP contribution in [0.15, 0.2) is 28.3 Å². The Hall–Kier alpha value is -2.09. The molecule has 0 saturated carbocycles. The van der Waals surface area contributed by atoms with Gasteiger partial charge in [-0.15, -0.1) is 0 Å². The maximum atomic E-state index is 12.9. The zero-order valence-corrected chi connectivity index (χ0v) is 22.0. The van der Waals surface area contributed by atoms with Gasteiger partial charge in [-0.05, 0) is 37.5 Å². The standard InChI is InChI=1S/C23H35N5O3S2/c1-7-10-13-28-20-12-11-18(33(30,31)27(8-2)9-3)14-19(20)25-22(28)32-15-21(29)26-23(6,16-24)17(4)5/h11-12,14,17H,7-10,13,15H2,1-6H3,(H,26,29). The second-order valence-corrected chi connectivity index (χ2v) is 11.3. The van der Waals surface area contributed by atoms with Crippen molar-refractivity contribution in [2.24, 2.45) is 5.92 Å². The Kier molecular flexibility index (Phi) is 9.35. The Morgan fingerprint density at radius 3 is 2.52 bits per heavy atom. The van der Waals surface area contributed by atoms with E-state index in [1.54, 1.807) is 25.1 Å². The summed E-state index contributed by atoms with van der Waals surface area (Å²) in [5, 5.41) is 12.9. The predicted molar refractivity (Wildman–Crippen MR) is 132 cm³/mol. The number of nitrogens with one attached hydrogen (secondary N) is 1. The van der Waals surface area contributed by atoms with E-state index in [0.29, 0.717) is 23.8 Å². The lowest BCUT2D eigenvalue weighted by Gasteiger charge is -2.27. The van der Waals surface area contributed by atoms with Gasteiger partial charge in [-0.25, -0.2) is 13.4 Å². The molecule has 1 amide bonds. The highest BCUT2D eigenvalue weighted by atomic mass is 32.2. The van der Waals surface area contributed by atoms with Crippen LogP contribution in [-0.2, 0) is 21.4 Å². The van der Waals surface area contributed by atoms with Crippen molar-refractivity contribution in [2.75, 3.05) is 18.8 Å². The second-order valence-electron chi connectivity index (χ2n) is 8.45. The van der Waals surface area contributed by atoms with E-state index < -0.39 is 15.6 Å². The normalized spacial score (nSPS) is 13.9. The first kappa shape index (κ1) is 27.2. The molecule has 1 heterocycles. The average Bonchev–Trinajstić information content (AvgIpc) is 3.13. The highest BCUT2D eigenvalue weighted by Crippen LogP contribution is 2.28. The molecule has 182 valence electrons. The number of benzene rings is 1. The van der Waals surface area contributed by atoms with Gasteiger partial charge < -0.3 is 9.88 Å².